The minimum absolute atomic E-state index is 0. The molecule has 1 fully saturated rings. The number of fused-ring (bicyclic) bond motifs is 1. The standard InChI is InChI=1S/C25H28F2N4O3.ClH/c1-15(2)14-31-20-7-5-4-6-17(20)23(32)21(25(31)34)24(33)28-16-12-18(26)22(19(27)13-16)30-10-8-29(3)9-11-30;/h4-7,12-13,15,32H,8-11,14H2,1-3H3,(H,28,33);1H. The summed E-state index contributed by atoms with van der Waals surface area (Å²) < 4.78 is 31.2. The van der Waals surface area contributed by atoms with Gasteiger partial charge in [-0.2, -0.15) is 0 Å². The third kappa shape index (κ3) is 5.26. The number of aromatic hydroxyl groups is 1. The van der Waals surface area contributed by atoms with Gasteiger partial charge in [-0.1, -0.05) is 26.0 Å². The average molecular weight is 507 g/mol. The number of likely N-dealkylation sites (N-methyl/N-ethyl adjacent to an activating group) is 1. The van der Waals surface area contributed by atoms with Crippen LogP contribution < -0.4 is 15.8 Å². The minimum atomic E-state index is -0.933. The molecule has 0 radical (unpaired) electrons. The van der Waals surface area contributed by atoms with Gasteiger partial charge in [-0.3, -0.25) is 9.59 Å². The van der Waals surface area contributed by atoms with Crippen molar-refractivity contribution in [2.24, 2.45) is 5.92 Å². The van der Waals surface area contributed by atoms with Gasteiger partial charge >= 0.3 is 0 Å². The van der Waals surface area contributed by atoms with Crippen molar-refractivity contribution in [3.63, 3.8) is 0 Å². The smallest absolute Gasteiger partial charge is 0.267 e. The van der Waals surface area contributed by atoms with Crippen LogP contribution in [0.5, 0.6) is 5.75 Å². The Balaban J connectivity index is 0.00000342. The van der Waals surface area contributed by atoms with Crippen molar-refractivity contribution in [3.05, 3.63) is 63.9 Å². The number of amides is 1. The van der Waals surface area contributed by atoms with Gasteiger partial charge in [0.15, 0.2) is 11.6 Å². The first kappa shape index (κ1) is 26.4. The summed E-state index contributed by atoms with van der Waals surface area (Å²) in [5, 5.41) is 13.5. The average Bonchev–Trinajstić information content (AvgIpc) is 2.77. The number of aromatic nitrogens is 1. The van der Waals surface area contributed by atoms with Crippen molar-refractivity contribution in [1.82, 2.24) is 9.47 Å². The first-order valence-corrected chi connectivity index (χ1v) is 11.3. The summed E-state index contributed by atoms with van der Waals surface area (Å²) in [5.74, 6) is -2.91. The quantitative estimate of drug-likeness (QED) is 0.545. The third-order valence-electron chi connectivity index (χ3n) is 6.01. The van der Waals surface area contributed by atoms with Gasteiger partial charge in [-0.25, -0.2) is 8.78 Å². The van der Waals surface area contributed by atoms with Crippen LogP contribution in [0.15, 0.2) is 41.2 Å². The van der Waals surface area contributed by atoms with E-state index in [1.807, 2.05) is 20.9 Å². The molecule has 4 rings (SSSR count). The largest absolute Gasteiger partial charge is 0.506 e. The highest BCUT2D eigenvalue weighted by molar-refractivity contribution is 6.09. The molecule has 1 aliphatic heterocycles. The Kier molecular flexibility index (Phi) is 8.02. The fourth-order valence-electron chi connectivity index (χ4n) is 4.30. The van der Waals surface area contributed by atoms with Crippen LogP contribution in [-0.2, 0) is 6.54 Å². The Hall–Kier alpha value is -3.17. The number of anilines is 2. The highest BCUT2D eigenvalue weighted by Gasteiger charge is 2.25. The van der Waals surface area contributed by atoms with Crippen molar-refractivity contribution >= 4 is 40.6 Å². The van der Waals surface area contributed by atoms with E-state index in [0.717, 1.165) is 12.1 Å². The lowest BCUT2D eigenvalue weighted by molar-refractivity contribution is 0.102. The molecule has 2 aromatic carbocycles. The zero-order valence-corrected chi connectivity index (χ0v) is 20.7. The highest BCUT2D eigenvalue weighted by Crippen LogP contribution is 2.30. The molecule has 1 saturated heterocycles. The number of hydrogen-bond acceptors (Lipinski definition) is 5. The second-order valence-electron chi connectivity index (χ2n) is 9.08. The SMILES string of the molecule is CC(C)Cn1c(=O)c(C(=O)Nc2cc(F)c(N3CCN(C)CC3)c(F)c2)c(O)c2ccccc21.Cl. The highest BCUT2D eigenvalue weighted by atomic mass is 35.5. The monoisotopic (exact) mass is 506 g/mol. The van der Waals surface area contributed by atoms with E-state index in [4.69, 9.17) is 0 Å². The summed E-state index contributed by atoms with van der Waals surface area (Å²) in [4.78, 5) is 29.9. The second kappa shape index (κ2) is 10.6. The number of para-hydroxylation sites is 1. The first-order valence-electron chi connectivity index (χ1n) is 11.3. The van der Waals surface area contributed by atoms with Crippen molar-refractivity contribution in [2.45, 2.75) is 20.4 Å². The lowest BCUT2D eigenvalue weighted by Crippen LogP contribution is -2.45. The van der Waals surface area contributed by atoms with E-state index in [2.05, 4.69) is 10.2 Å². The molecule has 3 aromatic rings. The molecule has 188 valence electrons. The molecule has 10 heteroatoms. The zero-order valence-electron chi connectivity index (χ0n) is 19.8. The molecule has 2 N–H and O–H groups in total. The summed E-state index contributed by atoms with van der Waals surface area (Å²) in [6.07, 6.45) is 0. The maximum atomic E-state index is 14.9. The summed E-state index contributed by atoms with van der Waals surface area (Å²) in [6, 6.07) is 8.80. The van der Waals surface area contributed by atoms with Crippen molar-refractivity contribution in [2.75, 3.05) is 43.4 Å². The molecule has 0 unspecified atom stereocenters. The van der Waals surface area contributed by atoms with Crippen molar-refractivity contribution in [1.29, 1.82) is 0 Å². The molecule has 1 aliphatic rings. The van der Waals surface area contributed by atoms with Crippen molar-refractivity contribution in [3.8, 4) is 5.75 Å². The number of piperazine rings is 1. The Labute approximate surface area is 208 Å². The van der Waals surface area contributed by atoms with Gasteiger partial charge in [0.05, 0.1) is 5.52 Å². The molecule has 0 aliphatic carbocycles. The van der Waals surface area contributed by atoms with Gasteiger partial charge in [0.2, 0.25) is 0 Å². The van der Waals surface area contributed by atoms with Crippen LogP contribution >= 0.6 is 12.4 Å². The fraction of sp³-hybridized carbons (Fsp3) is 0.360. The van der Waals surface area contributed by atoms with E-state index in [-0.39, 0.29) is 29.7 Å². The lowest BCUT2D eigenvalue weighted by atomic mass is 10.1. The van der Waals surface area contributed by atoms with E-state index in [0.29, 0.717) is 43.6 Å². The number of carbonyl (C=O) groups excluding carboxylic acids is 1. The van der Waals surface area contributed by atoms with E-state index in [1.54, 1.807) is 29.2 Å². The molecule has 0 bridgehead atoms. The topological polar surface area (TPSA) is 77.8 Å². The number of nitrogens with one attached hydrogen (secondary N) is 1. The minimum Gasteiger partial charge on any atom is -0.506 e. The summed E-state index contributed by atoms with van der Waals surface area (Å²) >= 11 is 0. The summed E-state index contributed by atoms with van der Waals surface area (Å²) in [6.45, 7) is 6.53. The van der Waals surface area contributed by atoms with E-state index in [1.165, 1.54) is 4.57 Å². The van der Waals surface area contributed by atoms with Crippen LogP contribution in [0.25, 0.3) is 10.9 Å². The molecule has 35 heavy (non-hydrogen) atoms. The van der Waals surface area contributed by atoms with Crippen LogP contribution in [0.2, 0.25) is 0 Å². The number of pyridine rings is 1. The number of rotatable bonds is 5. The van der Waals surface area contributed by atoms with Gasteiger partial charge in [0.25, 0.3) is 11.5 Å². The summed E-state index contributed by atoms with van der Waals surface area (Å²) in [5.41, 5.74) is -0.913. The van der Waals surface area contributed by atoms with Crippen LogP contribution in [0.3, 0.4) is 0 Å². The van der Waals surface area contributed by atoms with E-state index >= 15 is 0 Å². The maximum absolute atomic E-state index is 14.9. The number of halogens is 3. The number of carbonyl (C=O) groups is 1. The molecular formula is C25H29ClF2N4O3. The molecule has 0 spiro atoms. The Bertz CT molecular complexity index is 1280. The number of benzene rings is 2. The molecule has 0 atom stereocenters. The first-order chi connectivity index (χ1) is 16.2. The summed E-state index contributed by atoms with van der Waals surface area (Å²) in [7, 11) is 1.94. The van der Waals surface area contributed by atoms with Crippen LogP contribution in [-0.4, -0.2) is 53.7 Å². The molecule has 1 aromatic heterocycles. The lowest BCUT2D eigenvalue weighted by Gasteiger charge is -2.34. The Morgan fingerprint density at radius 1 is 1.09 bits per heavy atom. The fourth-order valence-corrected chi connectivity index (χ4v) is 4.30. The second-order valence-corrected chi connectivity index (χ2v) is 9.08. The molecule has 2 heterocycles. The van der Waals surface area contributed by atoms with Crippen LogP contribution in [0.1, 0.15) is 24.2 Å². The number of nitrogens with zero attached hydrogens (tertiary/aromatic N) is 3. The number of hydrogen-bond donors (Lipinski definition) is 2. The van der Waals surface area contributed by atoms with Crippen LogP contribution in [0, 0.1) is 17.6 Å². The van der Waals surface area contributed by atoms with Gasteiger partial charge < -0.3 is 24.8 Å². The third-order valence-corrected chi connectivity index (χ3v) is 6.01. The van der Waals surface area contributed by atoms with Gasteiger partial charge in [-0.05, 0) is 37.2 Å². The predicted molar refractivity (Wildman–Crippen MR) is 136 cm³/mol. The predicted octanol–water partition coefficient (Wildman–Crippen LogP) is 4.07. The molecular weight excluding hydrogens is 478 g/mol. The van der Waals surface area contributed by atoms with Gasteiger partial charge in [-0.15, -0.1) is 12.4 Å². The van der Waals surface area contributed by atoms with E-state index in [9.17, 15) is 23.5 Å². The molecule has 0 saturated carbocycles. The maximum Gasteiger partial charge on any atom is 0.267 e. The zero-order chi connectivity index (χ0) is 24.6. The molecule has 7 nitrogen and oxygen atoms in total. The van der Waals surface area contributed by atoms with E-state index < -0.39 is 34.4 Å². The Morgan fingerprint density at radius 2 is 1.69 bits per heavy atom. The van der Waals surface area contributed by atoms with Gasteiger partial charge in [0.1, 0.15) is 17.0 Å². The van der Waals surface area contributed by atoms with Crippen LogP contribution in [0.4, 0.5) is 20.2 Å². The van der Waals surface area contributed by atoms with Gasteiger partial charge in [0, 0.05) is 43.8 Å². The molecule has 1 amide bonds. The van der Waals surface area contributed by atoms with Crippen molar-refractivity contribution < 1.29 is 18.7 Å². The Morgan fingerprint density at radius 3 is 2.29 bits per heavy atom. The normalized spacial score (nSPS) is 14.3.